The molecular formula is C23H24BrF4N3O3. The number of rotatable bonds is 9. The first-order valence-corrected chi connectivity index (χ1v) is 10.8. The Hall–Kier alpha value is -2.92. The topological polar surface area (TPSA) is 75.9 Å². The monoisotopic (exact) mass is 545 g/mol. The van der Waals surface area contributed by atoms with Crippen LogP contribution in [0.5, 0.6) is 5.75 Å². The molecule has 2 aromatic rings. The fraction of sp³-hybridized carbons (Fsp3) is 0.304. The Bertz CT molecular complexity index is 1080. The zero-order valence-electron chi connectivity index (χ0n) is 18.7. The second-order valence-corrected chi connectivity index (χ2v) is 8.22. The summed E-state index contributed by atoms with van der Waals surface area (Å²) in [6.07, 6.45) is -4.58. The number of nitrogens with zero attached hydrogens (tertiary/aromatic N) is 2. The van der Waals surface area contributed by atoms with Crippen LogP contribution in [-0.4, -0.2) is 42.8 Å². The first-order valence-electron chi connectivity index (χ1n) is 9.99. The van der Waals surface area contributed by atoms with Gasteiger partial charge in [0.1, 0.15) is 16.0 Å². The second kappa shape index (κ2) is 11.5. The molecule has 0 fully saturated rings. The zero-order valence-corrected chi connectivity index (χ0v) is 20.3. The number of benzene rings is 2. The summed E-state index contributed by atoms with van der Waals surface area (Å²) < 4.78 is 59.4. The van der Waals surface area contributed by atoms with Gasteiger partial charge in [0.05, 0.1) is 25.3 Å². The lowest BCUT2D eigenvalue weighted by molar-refractivity contribution is -0.139. The SMILES string of the molecule is COc1ccccc1C(N)CN(C)C(=O)/C(Br)=C(/C)N(C=O)Cc1c(F)cccc1C(F)(F)F. The summed E-state index contributed by atoms with van der Waals surface area (Å²) >= 11 is 3.12. The molecule has 11 heteroatoms. The smallest absolute Gasteiger partial charge is 0.416 e. The van der Waals surface area contributed by atoms with Crippen molar-refractivity contribution >= 4 is 28.2 Å². The van der Waals surface area contributed by atoms with Gasteiger partial charge < -0.3 is 20.3 Å². The number of likely N-dealkylation sites (N-methyl/N-ethyl adjacent to an activating group) is 1. The van der Waals surface area contributed by atoms with E-state index in [0.717, 1.165) is 23.1 Å². The molecule has 2 rings (SSSR count). The number of alkyl halides is 3. The summed E-state index contributed by atoms with van der Waals surface area (Å²) in [7, 11) is 2.98. The van der Waals surface area contributed by atoms with Crippen molar-refractivity contribution in [2.24, 2.45) is 5.73 Å². The van der Waals surface area contributed by atoms with Crippen LogP contribution in [-0.2, 0) is 22.3 Å². The summed E-state index contributed by atoms with van der Waals surface area (Å²) in [5.41, 5.74) is 5.01. The van der Waals surface area contributed by atoms with Gasteiger partial charge >= 0.3 is 6.18 Å². The second-order valence-electron chi connectivity index (χ2n) is 7.43. The summed E-state index contributed by atoms with van der Waals surface area (Å²) in [6, 6.07) is 9.00. The van der Waals surface area contributed by atoms with Crippen LogP contribution in [0.1, 0.15) is 29.7 Å². The van der Waals surface area contributed by atoms with Gasteiger partial charge in [0.15, 0.2) is 0 Å². The van der Waals surface area contributed by atoms with Crippen molar-refractivity contribution in [2.75, 3.05) is 20.7 Å². The molecule has 6 nitrogen and oxygen atoms in total. The third-order valence-electron chi connectivity index (χ3n) is 5.17. The molecule has 0 saturated carbocycles. The fourth-order valence-corrected chi connectivity index (χ4v) is 3.82. The summed E-state index contributed by atoms with van der Waals surface area (Å²) in [5.74, 6) is -1.13. The van der Waals surface area contributed by atoms with Crippen LogP contribution < -0.4 is 10.5 Å². The Kier molecular flexibility index (Phi) is 9.22. The zero-order chi connectivity index (χ0) is 25.6. The number of hydrogen-bond acceptors (Lipinski definition) is 4. The van der Waals surface area contributed by atoms with E-state index in [1.54, 1.807) is 24.3 Å². The Labute approximate surface area is 203 Å². The number of carbonyl (C=O) groups excluding carboxylic acids is 2. The molecule has 0 aliphatic rings. The minimum absolute atomic E-state index is 0.00842. The first kappa shape index (κ1) is 27.3. The van der Waals surface area contributed by atoms with E-state index in [1.807, 2.05) is 0 Å². The van der Waals surface area contributed by atoms with E-state index in [9.17, 15) is 27.2 Å². The fourth-order valence-electron chi connectivity index (χ4n) is 3.29. The largest absolute Gasteiger partial charge is 0.496 e. The van der Waals surface area contributed by atoms with Crippen molar-refractivity contribution in [3.8, 4) is 5.75 Å². The van der Waals surface area contributed by atoms with Crippen molar-refractivity contribution in [2.45, 2.75) is 25.7 Å². The number of halogens is 5. The highest BCUT2D eigenvalue weighted by Crippen LogP contribution is 2.34. The minimum atomic E-state index is -4.81. The molecule has 0 spiro atoms. The van der Waals surface area contributed by atoms with Gasteiger partial charge in [0, 0.05) is 30.4 Å². The average Bonchev–Trinajstić information content (AvgIpc) is 2.80. The predicted octanol–water partition coefficient (Wildman–Crippen LogP) is 4.60. The molecule has 0 saturated heterocycles. The summed E-state index contributed by atoms with van der Waals surface area (Å²) in [6.45, 7) is 0.719. The van der Waals surface area contributed by atoms with Gasteiger partial charge in [-0.1, -0.05) is 24.3 Å². The average molecular weight is 546 g/mol. The molecule has 1 unspecified atom stereocenters. The molecule has 0 aliphatic heterocycles. The summed E-state index contributed by atoms with van der Waals surface area (Å²) in [4.78, 5) is 26.7. The molecule has 0 radical (unpaired) electrons. The van der Waals surface area contributed by atoms with Gasteiger partial charge in [0.2, 0.25) is 6.41 Å². The van der Waals surface area contributed by atoms with Crippen molar-refractivity contribution in [1.29, 1.82) is 0 Å². The van der Waals surface area contributed by atoms with Gasteiger partial charge in [-0.3, -0.25) is 9.59 Å². The lowest BCUT2D eigenvalue weighted by Crippen LogP contribution is -2.35. The van der Waals surface area contributed by atoms with Crippen LogP contribution in [0.15, 0.2) is 52.6 Å². The molecule has 0 bridgehead atoms. The standard InChI is InChI=1S/C23H24BrF4N3O3/c1-14(31(13-32)11-16-17(23(26,27)28)8-6-9-18(16)25)21(24)22(33)30(2)12-19(29)15-7-4-5-10-20(15)34-3/h4-10,13,19H,11-12,29H2,1-3H3/b21-14+. The lowest BCUT2D eigenvalue weighted by atomic mass is 10.1. The maximum absolute atomic E-state index is 14.2. The van der Waals surface area contributed by atoms with E-state index in [1.165, 1.54) is 26.0 Å². The maximum Gasteiger partial charge on any atom is 0.416 e. The van der Waals surface area contributed by atoms with Gasteiger partial charge in [-0.25, -0.2) is 4.39 Å². The number of allylic oxidation sites excluding steroid dienone is 1. The molecule has 34 heavy (non-hydrogen) atoms. The minimum Gasteiger partial charge on any atom is -0.496 e. The highest BCUT2D eigenvalue weighted by atomic mass is 79.9. The van der Waals surface area contributed by atoms with Crippen molar-refractivity contribution < 1.29 is 31.9 Å². The van der Waals surface area contributed by atoms with E-state index >= 15 is 0 Å². The number of nitrogens with two attached hydrogens (primary N) is 1. The Balaban J connectivity index is 2.26. The van der Waals surface area contributed by atoms with E-state index in [0.29, 0.717) is 11.3 Å². The van der Waals surface area contributed by atoms with Crippen LogP contribution in [0.4, 0.5) is 17.6 Å². The van der Waals surface area contributed by atoms with E-state index < -0.39 is 41.6 Å². The number of hydrogen-bond donors (Lipinski definition) is 1. The van der Waals surface area contributed by atoms with Crippen molar-refractivity contribution in [1.82, 2.24) is 9.80 Å². The molecule has 2 aromatic carbocycles. The quantitative estimate of drug-likeness (QED) is 0.284. The molecule has 184 valence electrons. The van der Waals surface area contributed by atoms with Gasteiger partial charge in [-0.15, -0.1) is 0 Å². The number of ether oxygens (including phenoxy) is 1. The van der Waals surface area contributed by atoms with Crippen LogP contribution in [0.25, 0.3) is 0 Å². The molecule has 2 N–H and O–H groups in total. The Morgan fingerprint density at radius 1 is 1.21 bits per heavy atom. The van der Waals surface area contributed by atoms with E-state index in [-0.39, 0.29) is 23.1 Å². The van der Waals surface area contributed by atoms with Crippen molar-refractivity contribution in [3.05, 3.63) is 75.2 Å². The molecule has 2 amide bonds. The molecule has 0 heterocycles. The van der Waals surface area contributed by atoms with E-state index in [4.69, 9.17) is 10.5 Å². The predicted molar refractivity (Wildman–Crippen MR) is 122 cm³/mol. The highest BCUT2D eigenvalue weighted by molar-refractivity contribution is 9.12. The Morgan fingerprint density at radius 2 is 1.85 bits per heavy atom. The van der Waals surface area contributed by atoms with Crippen LogP contribution in [0, 0.1) is 5.82 Å². The lowest BCUT2D eigenvalue weighted by Gasteiger charge is -2.25. The molecule has 1 atom stereocenters. The van der Waals surface area contributed by atoms with Gasteiger partial charge in [-0.05, 0) is 41.1 Å². The van der Waals surface area contributed by atoms with Gasteiger partial charge in [-0.2, -0.15) is 13.2 Å². The Morgan fingerprint density at radius 3 is 2.44 bits per heavy atom. The van der Waals surface area contributed by atoms with Crippen LogP contribution in [0.3, 0.4) is 0 Å². The number of para-hydroxylation sites is 1. The number of amides is 2. The molecule has 0 aromatic heterocycles. The normalized spacial score (nSPS) is 13.1. The third kappa shape index (κ3) is 6.35. The molecule has 0 aliphatic carbocycles. The number of methoxy groups -OCH3 is 1. The molecular weight excluding hydrogens is 522 g/mol. The number of carbonyl (C=O) groups is 2. The highest BCUT2D eigenvalue weighted by Gasteiger charge is 2.35. The van der Waals surface area contributed by atoms with Gasteiger partial charge in [0.25, 0.3) is 5.91 Å². The maximum atomic E-state index is 14.2. The van der Waals surface area contributed by atoms with Crippen LogP contribution in [0.2, 0.25) is 0 Å². The van der Waals surface area contributed by atoms with Crippen LogP contribution >= 0.6 is 15.9 Å². The van der Waals surface area contributed by atoms with E-state index in [2.05, 4.69) is 15.9 Å². The third-order valence-corrected chi connectivity index (χ3v) is 6.08. The summed E-state index contributed by atoms with van der Waals surface area (Å²) in [5, 5.41) is 0. The van der Waals surface area contributed by atoms with Crippen molar-refractivity contribution in [3.63, 3.8) is 0 Å². The first-order chi connectivity index (χ1) is 15.9.